The standard InChI is InChI=1S/C15H21NO4/c1-15(5-2-6-18-9-15)16-8-12(17)11-3-4-13-14(7-11)20-10-19-13/h3-4,7,12,16-17H,2,5-6,8-10H2,1H3. The van der Waals surface area contributed by atoms with Crippen molar-refractivity contribution in [3.05, 3.63) is 23.8 Å². The van der Waals surface area contributed by atoms with Crippen LogP contribution in [0.3, 0.4) is 0 Å². The molecular formula is C15H21NO4. The van der Waals surface area contributed by atoms with Crippen LogP contribution >= 0.6 is 0 Å². The van der Waals surface area contributed by atoms with Crippen molar-refractivity contribution in [2.45, 2.75) is 31.4 Å². The number of aliphatic hydroxyl groups is 1. The Kier molecular flexibility index (Phi) is 3.83. The van der Waals surface area contributed by atoms with Crippen LogP contribution in [-0.2, 0) is 4.74 Å². The van der Waals surface area contributed by atoms with E-state index >= 15 is 0 Å². The second-order valence-electron chi connectivity index (χ2n) is 5.73. The highest BCUT2D eigenvalue weighted by molar-refractivity contribution is 5.45. The highest BCUT2D eigenvalue weighted by Crippen LogP contribution is 2.34. The van der Waals surface area contributed by atoms with Crippen LogP contribution in [0.5, 0.6) is 11.5 Å². The fraction of sp³-hybridized carbons (Fsp3) is 0.600. The van der Waals surface area contributed by atoms with Gasteiger partial charge in [0.2, 0.25) is 6.79 Å². The number of ether oxygens (including phenoxy) is 3. The fourth-order valence-electron chi connectivity index (χ4n) is 2.65. The highest BCUT2D eigenvalue weighted by atomic mass is 16.7. The second-order valence-corrected chi connectivity index (χ2v) is 5.73. The highest BCUT2D eigenvalue weighted by Gasteiger charge is 2.28. The van der Waals surface area contributed by atoms with E-state index in [0.29, 0.717) is 18.9 Å². The van der Waals surface area contributed by atoms with Gasteiger partial charge in [-0.05, 0) is 37.5 Å². The fourth-order valence-corrected chi connectivity index (χ4v) is 2.65. The first-order chi connectivity index (χ1) is 9.66. The van der Waals surface area contributed by atoms with Gasteiger partial charge in [-0.15, -0.1) is 0 Å². The Morgan fingerprint density at radius 3 is 3.00 bits per heavy atom. The molecule has 0 spiro atoms. The predicted octanol–water partition coefficient (Wildman–Crippen LogP) is 1.61. The van der Waals surface area contributed by atoms with Crippen LogP contribution < -0.4 is 14.8 Å². The lowest BCUT2D eigenvalue weighted by atomic mass is 9.94. The molecule has 2 aliphatic heterocycles. The largest absolute Gasteiger partial charge is 0.454 e. The van der Waals surface area contributed by atoms with Crippen LogP contribution in [0.25, 0.3) is 0 Å². The molecule has 2 unspecified atom stereocenters. The quantitative estimate of drug-likeness (QED) is 0.877. The molecule has 0 aromatic heterocycles. The summed E-state index contributed by atoms with van der Waals surface area (Å²) in [7, 11) is 0. The topological polar surface area (TPSA) is 60.0 Å². The lowest BCUT2D eigenvalue weighted by Crippen LogP contribution is -2.50. The van der Waals surface area contributed by atoms with E-state index in [-0.39, 0.29) is 12.3 Å². The molecule has 1 fully saturated rings. The van der Waals surface area contributed by atoms with Gasteiger partial charge in [0.1, 0.15) is 0 Å². The molecule has 3 rings (SSSR count). The number of rotatable bonds is 4. The Morgan fingerprint density at radius 2 is 2.20 bits per heavy atom. The van der Waals surface area contributed by atoms with Crippen LogP contribution in [0.2, 0.25) is 0 Å². The van der Waals surface area contributed by atoms with Crippen molar-refractivity contribution in [1.29, 1.82) is 0 Å². The van der Waals surface area contributed by atoms with Gasteiger partial charge in [-0.25, -0.2) is 0 Å². The Morgan fingerprint density at radius 1 is 1.35 bits per heavy atom. The van der Waals surface area contributed by atoms with Crippen molar-refractivity contribution in [2.75, 3.05) is 26.6 Å². The molecule has 0 amide bonds. The third-order valence-corrected chi connectivity index (χ3v) is 3.94. The number of hydrogen-bond acceptors (Lipinski definition) is 5. The molecule has 1 aromatic rings. The molecule has 2 atom stereocenters. The minimum atomic E-state index is -0.566. The lowest BCUT2D eigenvalue weighted by molar-refractivity contribution is 0.0221. The van der Waals surface area contributed by atoms with Gasteiger partial charge in [0.25, 0.3) is 0 Å². The van der Waals surface area contributed by atoms with E-state index in [1.165, 1.54) is 0 Å². The maximum atomic E-state index is 10.3. The van der Waals surface area contributed by atoms with E-state index in [4.69, 9.17) is 14.2 Å². The maximum Gasteiger partial charge on any atom is 0.231 e. The van der Waals surface area contributed by atoms with E-state index in [1.807, 2.05) is 18.2 Å². The molecule has 0 saturated carbocycles. The lowest BCUT2D eigenvalue weighted by Gasteiger charge is -2.35. The summed E-state index contributed by atoms with van der Waals surface area (Å²) >= 11 is 0. The zero-order valence-electron chi connectivity index (χ0n) is 11.7. The van der Waals surface area contributed by atoms with Crippen molar-refractivity contribution in [1.82, 2.24) is 5.32 Å². The SMILES string of the molecule is CC1(NCC(O)c2ccc3c(c2)OCO3)CCCOC1. The number of nitrogens with one attached hydrogen (secondary N) is 1. The van der Waals surface area contributed by atoms with E-state index in [2.05, 4.69) is 12.2 Å². The molecule has 2 heterocycles. The van der Waals surface area contributed by atoms with Gasteiger partial charge in [0.05, 0.1) is 12.7 Å². The van der Waals surface area contributed by atoms with E-state index in [9.17, 15) is 5.11 Å². The van der Waals surface area contributed by atoms with E-state index < -0.39 is 6.10 Å². The van der Waals surface area contributed by atoms with Crippen LogP contribution in [0.1, 0.15) is 31.4 Å². The van der Waals surface area contributed by atoms with Crippen molar-refractivity contribution in [3.8, 4) is 11.5 Å². The molecule has 2 aliphatic rings. The smallest absolute Gasteiger partial charge is 0.231 e. The average molecular weight is 279 g/mol. The summed E-state index contributed by atoms with van der Waals surface area (Å²) < 4.78 is 16.1. The molecule has 5 nitrogen and oxygen atoms in total. The van der Waals surface area contributed by atoms with Gasteiger partial charge in [0.15, 0.2) is 11.5 Å². The Hall–Kier alpha value is -1.30. The maximum absolute atomic E-state index is 10.3. The number of fused-ring (bicyclic) bond motifs is 1. The predicted molar refractivity (Wildman–Crippen MR) is 74.0 cm³/mol. The van der Waals surface area contributed by atoms with Crippen molar-refractivity contribution < 1.29 is 19.3 Å². The van der Waals surface area contributed by atoms with Crippen LogP contribution in [0, 0.1) is 0 Å². The van der Waals surface area contributed by atoms with Gasteiger partial charge in [-0.1, -0.05) is 6.07 Å². The first kappa shape index (κ1) is 13.7. The molecule has 110 valence electrons. The molecule has 5 heteroatoms. The molecule has 0 bridgehead atoms. The summed E-state index contributed by atoms with van der Waals surface area (Å²) in [6.45, 7) is 4.42. The molecule has 1 aromatic carbocycles. The molecule has 1 saturated heterocycles. The molecular weight excluding hydrogens is 258 g/mol. The number of hydrogen-bond donors (Lipinski definition) is 2. The van der Waals surface area contributed by atoms with Gasteiger partial charge in [-0.3, -0.25) is 0 Å². The number of benzene rings is 1. The van der Waals surface area contributed by atoms with Crippen molar-refractivity contribution in [3.63, 3.8) is 0 Å². The van der Waals surface area contributed by atoms with Gasteiger partial charge >= 0.3 is 0 Å². The minimum Gasteiger partial charge on any atom is -0.454 e. The Balaban J connectivity index is 1.60. The summed E-state index contributed by atoms with van der Waals surface area (Å²) in [6, 6.07) is 5.56. The first-order valence-electron chi connectivity index (χ1n) is 7.07. The summed E-state index contributed by atoms with van der Waals surface area (Å²) in [5, 5.41) is 13.7. The molecule has 0 radical (unpaired) electrons. The average Bonchev–Trinajstić information content (AvgIpc) is 2.93. The third kappa shape index (κ3) is 2.90. The molecule has 0 aliphatic carbocycles. The monoisotopic (exact) mass is 279 g/mol. The van der Waals surface area contributed by atoms with Gasteiger partial charge < -0.3 is 24.6 Å². The zero-order valence-corrected chi connectivity index (χ0v) is 11.7. The van der Waals surface area contributed by atoms with E-state index in [0.717, 1.165) is 30.8 Å². The third-order valence-electron chi connectivity index (χ3n) is 3.94. The van der Waals surface area contributed by atoms with Crippen LogP contribution in [0.4, 0.5) is 0 Å². The minimum absolute atomic E-state index is 0.0461. The Labute approximate surface area is 118 Å². The Bertz CT molecular complexity index is 471. The number of aliphatic hydroxyl groups excluding tert-OH is 1. The number of β-amino-alcohol motifs (C(OH)–C–C–N with tert-alkyl or cyclic N) is 1. The van der Waals surface area contributed by atoms with E-state index in [1.54, 1.807) is 0 Å². The molecule has 2 N–H and O–H groups in total. The molecule has 20 heavy (non-hydrogen) atoms. The van der Waals surface area contributed by atoms with Crippen molar-refractivity contribution in [2.24, 2.45) is 0 Å². The first-order valence-corrected chi connectivity index (χ1v) is 7.07. The van der Waals surface area contributed by atoms with Crippen molar-refractivity contribution >= 4 is 0 Å². The van der Waals surface area contributed by atoms with Crippen LogP contribution in [-0.4, -0.2) is 37.2 Å². The summed E-state index contributed by atoms with van der Waals surface area (Å²) in [4.78, 5) is 0. The van der Waals surface area contributed by atoms with Gasteiger partial charge in [0, 0.05) is 18.7 Å². The van der Waals surface area contributed by atoms with Crippen LogP contribution in [0.15, 0.2) is 18.2 Å². The summed E-state index contributed by atoms with van der Waals surface area (Å²) in [5.41, 5.74) is 0.789. The normalized spacial score (nSPS) is 26.5. The second kappa shape index (κ2) is 5.60. The summed E-state index contributed by atoms with van der Waals surface area (Å²) in [5.74, 6) is 1.44. The zero-order chi connectivity index (χ0) is 14.0. The summed E-state index contributed by atoms with van der Waals surface area (Å²) in [6.07, 6.45) is 1.56. The van der Waals surface area contributed by atoms with Gasteiger partial charge in [-0.2, -0.15) is 0 Å².